The first kappa shape index (κ1) is 13.9. The van der Waals surface area contributed by atoms with E-state index < -0.39 is 36.1 Å². The minimum absolute atomic E-state index is 0.0675. The van der Waals surface area contributed by atoms with Crippen LogP contribution in [0.25, 0.3) is 5.65 Å². The number of aliphatic hydroxyl groups excluding tert-OH is 2. The third-order valence-corrected chi connectivity index (χ3v) is 3.63. The van der Waals surface area contributed by atoms with Crippen molar-refractivity contribution in [2.45, 2.75) is 30.9 Å². The number of nitrogens with two attached hydrogens (primary N) is 1. The highest BCUT2D eigenvalue weighted by Crippen LogP contribution is 2.41. The van der Waals surface area contributed by atoms with Gasteiger partial charge in [-0.05, 0) is 6.92 Å². The molecule has 114 valence electrons. The number of halogens is 1. The SMILES string of the molecule is C[C@]1(CO)O[C@@H](c2cnc3c(=O)[nH]c(N)nn23)[C@H](F)[C@@H]1O. The normalized spacial score (nSPS) is 32.9. The Balaban J connectivity index is 2.12. The lowest BCUT2D eigenvalue weighted by Gasteiger charge is -2.24. The Bertz CT molecular complexity index is 746. The van der Waals surface area contributed by atoms with Crippen LogP contribution >= 0.6 is 0 Å². The maximum Gasteiger partial charge on any atom is 0.295 e. The summed E-state index contributed by atoms with van der Waals surface area (Å²) in [5.74, 6) is -0.161. The summed E-state index contributed by atoms with van der Waals surface area (Å²) >= 11 is 0. The van der Waals surface area contributed by atoms with Crippen molar-refractivity contribution in [2.75, 3.05) is 12.3 Å². The zero-order valence-electron chi connectivity index (χ0n) is 11.0. The summed E-state index contributed by atoms with van der Waals surface area (Å²) in [5.41, 5.74) is 3.50. The molecule has 9 nitrogen and oxygen atoms in total. The van der Waals surface area contributed by atoms with Crippen molar-refractivity contribution in [1.29, 1.82) is 0 Å². The summed E-state index contributed by atoms with van der Waals surface area (Å²) in [4.78, 5) is 17.8. The molecule has 21 heavy (non-hydrogen) atoms. The summed E-state index contributed by atoms with van der Waals surface area (Å²) in [6, 6.07) is 0. The van der Waals surface area contributed by atoms with Crippen molar-refractivity contribution in [3.05, 3.63) is 22.2 Å². The van der Waals surface area contributed by atoms with E-state index in [2.05, 4.69) is 15.1 Å². The fraction of sp³-hybridized carbons (Fsp3) is 0.545. The molecular formula is C11H14FN5O4. The molecule has 10 heteroatoms. The molecule has 0 amide bonds. The highest BCUT2D eigenvalue weighted by Gasteiger charge is 2.53. The molecule has 0 aromatic carbocycles. The van der Waals surface area contributed by atoms with Crippen LogP contribution < -0.4 is 11.3 Å². The van der Waals surface area contributed by atoms with Gasteiger partial charge in [0.25, 0.3) is 5.56 Å². The van der Waals surface area contributed by atoms with Crippen LogP contribution in [0.2, 0.25) is 0 Å². The number of rotatable bonds is 2. The Kier molecular flexibility index (Phi) is 2.97. The van der Waals surface area contributed by atoms with E-state index in [-0.39, 0.29) is 17.3 Å². The van der Waals surface area contributed by atoms with Gasteiger partial charge in [0, 0.05) is 0 Å². The smallest absolute Gasteiger partial charge is 0.295 e. The zero-order chi connectivity index (χ0) is 15.4. The minimum atomic E-state index is -1.80. The van der Waals surface area contributed by atoms with Gasteiger partial charge in [0.15, 0.2) is 6.17 Å². The van der Waals surface area contributed by atoms with E-state index in [0.29, 0.717) is 0 Å². The van der Waals surface area contributed by atoms with E-state index in [0.717, 1.165) is 4.52 Å². The topological polar surface area (TPSA) is 139 Å². The number of alkyl halides is 1. The number of nitrogens with one attached hydrogen (secondary N) is 1. The monoisotopic (exact) mass is 299 g/mol. The van der Waals surface area contributed by atoms with E-state index in [1.54, 1.807) is 0 Å². The first-order valence-electron chi connectivity index (χ1n) is 6.21. The molecule has 0 aliphatic carbocycles. The number of aromatic amines is 1. The summed E-state index contributed by atoms with van der Waals surface area (Å²) in [6.07, 6.45) is -3.31. The Morgan fingerprint density at radius 1 is 1.67 bits per heavy atom. The van der Waals surface area contributed by atoms with E-state index >= 15 is 0 Å². The molecule has 0 spiro atoms. The first-order chi connectivity index (χ1) is 9.87. The van der Waals surface area contributed by atoms with Gasteiger partial charge in [-0.2, -0.15) is 0 Å². The lowest BCUT2D eigenvalue weighted by Crippen LogP contribution is -2.42. The molecule has 2 aromatic rings. The first-order valence-corrected chi connectivity index (χ1v) is 6.21. The summed E-state index contributed by atoms with van der Waals surface area (Å²) in [7, 11) is 0. The van der Waals surface area contributed by atoms with Gasteiger partial charge in [0.1, 0.15) is 17.8 Å². The molecule has 3 rings (SSSR count). The number of aliphatic hydroxyl groups is 2. The zero-order valence-corrected chi connectivity index (χ0v) is 11.0. The van der Waals surface area contributed by atoms with Gasteiger partial charge >= 0.3 is 0 Å². The summed E-state index contributed by atoms with van der Waals surface area (Å²) in [6.45, 7) is 0.833. The highest BCUT2D eigenvalue weighted by molar-refractivity contribution is 5.39. The molecule has 4 atom stereocenters. The molecule has 0 bridgehead atoms. The molecule has 1 aliphatic rings. The largest absolute Gasteiger partial charge is 0.393 e. The number of H-pyrrole nitrogens is 1. The van der Waals surface area contributed by atoms with Crippen LogP contribution in [0.1, 0.15) is 18.7 Å². The van der Waals surface area contributed by atoms with Gasteiger partial charge in [-0.3, -0.25) is 9.78 Å². The number of imidazole rings is 1. The fourth-order valence-electron chi connectivity index (χ4n) is 2.40. The number of aromatic nitrogens is 4. The van der Waals surface area contributed by atoms with Crippen molar-refractivity contribution < 1.29 is 19.3 Å². The number of fused-ring (bicyclic) bond motifs is 1. The summed E-state index contributed by atoms with van der Waals surface area (Å²) in [5, 5.41) is 23.0. The number of nitrogen functional groups attached to an aromatic ring is 1. The van der Waals surface area contributed by atoms with Crippen LogP contribution in [-0.2, 0) is 4.74 Å². The molecular weight excluding hydrogens is 285 g/mol. The number of hydrogen-bond donors (Lipinski definition) is 4. The van der Waals surface area contributed by atoms with Gasteiger partial charge in [-0.25, -0.2) is 13.9 Å². The Hall–Kier alpha value is -2.04. The standard InChI is InChI=1S/C11H14FN5O4/c1-11(3-18)7(19)5(12)6(21-11)4-2-14-8-9(20)15-10(13)16-17(4)8/h2,5-7,18-19H,3H2,1H3,(H3,13,15,16,20)/t5-,6-,7-,11+/m0/s1. The minimum Gasteiger partial charge on any atom is -0.393 e. The van der Waals surface area contributed by atoms with Crippen molar-refractivity contribution in [3.63, 3.8) is 0 Å². The number of hydrogen-bond acceptors (Lipinski definition) is 7. The van der Waals surface area contributed by atoms with Crippen LogP contribution in [0.15, 0.2) is 11.0 Å². The summed E-state index contributed by atoms with van der Waals surface area (Å²) < 4.78 is 20.8. The second-order valence-corrected chi connectivity index (χ2v) is 5.16. The van der Waals surface area contributed by atoms with Crippen LogP contribution in [0, 0.1) is 0 Å². The molecule has 0 saturated carbocycles. The van der Waals surface area contributed by atoms with Crippen molar-refractivity contribution in [1.82, 2.24) is 19.6 Å². The second kappa shape index (κ2) is 4.48. The van der Waals surface area contributed by atoms with Crippen LogP contribution in [-0.4, -0.2) is 54.3 Å². The molecule has 3 heterocycles. The van der Waals surface area contributed by atoms with Crippen molar-refractivity contribution >= 4 is 11.6 Å². The molecule has 1 aliphatic heterocycles. The van der Waals surface area contributed by atoms with E-state index in [1.165, 1.54) is 13.1 Å². The Labute approximate surface area is 117 Å². The van der Waals surface area contributed by atoms with E-state index in [4.69, 9.17) is 10.5 Å². The van der Waals surface area contributed by atoms with Gasteiger partial charge in [0.05, 0.1) is 18.5 Å². The number of ether oxygens (including phenoxy) is 1. The molecule has 0 unspecified atom stereocenters. The van der Waals surface area contributed by atoms with Crippen molar-refractivity contribution in [2.24, 2.45) is 0 Å². The molecule has 2 aromatic heterocycles. The van der Waals surface area contributed by atoms with Crippen molar-refractivity contribution in [3.8, 4) is 0 Å². The quantitative estimate of drug-likeness (QED) is 0.530. The number of anilines is 1. The van der Waals surface area contributed by atoms with Crippen LogP contribution in [0.3, 0.4) is 0 Å². The highest BCUT2D eigenvalue weighted by atomic mass is 19.1. The number of nitrogens with zero attached hydrogens (tertiary/aromatic N) is 3. The maximum absolute atomic E-state index is 14.3. The second-order valence-electron chi connectivity index (χ2n) is 5.16. The third kappa shape index (κ3) is 1.91. The molecule has 1 fully saturated rings. The van der Waals surface area contributed by atoms with Crippen LogP contribution in [0.5, 0.6) is 0 Å². The lowest BCUT2D eigenvalue weighted by atomic mass is 9.98. The van der Waals surface area contributed by atoms with Gasteiger partial charge in [0.2, 0.25) is 11.6 Å². The van der Waals surface area contributed by atoms with Gasteiger partial charge < -0.3 is 20.7 Å². The third-order valence-electron chi connectivity index (χ3n) is 3.63. The van der Waals surface area contributed by atoms with E-state index in [9.17, 15) is 19.4 Å². The van der Waals surface area contributed by atoms with Gasteiger partial charge in [-0.1, -0.05) is 0 Å². The molecule has 5 N–H and O–H groups in total. The predicted molar refractivity (Wildman–Crippen MR) is 68.2 cm³/mol. The average molecular weight is 299 g/mol. The molecule has 1 saturated heterocycles. The Morgan fingerprint density at radius 3 is 3.00 bits per heavy atom. The lowest BCUT2D eigenvalue weighted by molar-refractivity contribution is -0.100. The average Bonchev–Trinajstić information content (AvgIpc) is 2.95. The predicted octanol–water partition coefficient (Wildman–Crippen LogP) is -1.48. The maximum atomic E-state index is 14.3. The molecule has 0 radical (unpaired) electrons. The van der Waals surface area contributed by atoms with E-state index in [1.807, 2.05) is 0 Å². The van der Waals surface area contributed by atoms with Crippen LogP contribution in [0.4, 0.5) is 10.3 Å². The van der Waals surface area contributed by atoms with Gasteiger partial charge in [-0.15, -0.1) is 5.10 Å². The Morgan fingerprint density at radius 2 is 2.38 bits per heavy atom. The fourth-order valence-corrected chi connectivity index (χ4v) is 2.40.